The molecule has 2 aliphatic rings. The number of nitrogens with one attached hydrogen (secondary N) is 1. The zero-order valence-corrected chi connectivity index (χ0v) is 12.5. The van der Waals surface area contributed by atoms with Crippen molar-refractivity contribution in [3.8, 4) is 5.75 Å². The summed E-state index contributed by atoms with van der Waals surface area (Å²) in [4.78, 5) is 25.5. The number of hydrogen-bond acceptors (Lipinski definition) is 4. The van der Waals surface area contributed by atoms with Crippen LogP contribution in [-0.2, 0) is 4.79 Å². The number of nitrogens with zero attached hydrogens (tertiary/aromatic N) is 1. The maximum absolute atomic E-state index is 12.8. The van der Waals surface area contributed by atoms with Crippen LogP contribution in [0, 0.1) is 0 Å². The summed E-state index contributed by atoms with van der Waals surface area (Å²) in [6.45, 7) is 1.70. The van der Waals surface area contributed by atoms with Crippen molar-refractivity contribution in [3.05, 3.63) is 29.8 Å². The van der Waals surface area contributed by atoms with Crippen molar-refractivity contribution < 1.29 is 14.3 Å². The van der Waals surface area contributed by atoms with Gasteiger partial charge in [-0.05, 0) is 50.1 Å². The van der Waals surface area contributed by atoms with Crippen molar-refractivity contribution in [2.75, 3.05) is 19.7 Å². The summed E-state index contributed by atoms with van der Waals surface area (Å²) >= 11 is 0. The molecule has 2 amide bonds. The molecule has 0 aromatic heterocycles. The second kappa shape index (κ2) is 6.36. The standard InChI is InChI=1S/C16H21N3O3/c17-15(20)10-22-14-5-1-11(2-6-14)16(21)19-12-3-4-13(19)9-18-8-7-12/h1-2,5-6,12-13,18H,3-4,7-10H2,(H2,17,20). The predicted molar refractivity (Wildman–Crippen MR) is 81.6 cm³/mol. The Morgan fingerprint density at radius 3 is 2.64 bits per heavy atom. The van der Waals surface area contributed by atoms with E-state index in [-0.39, 0.29) is 12.5 Å². The first kappa shape index (κ1) is 14.8. The SMILES string of the molecule is NC(=O)COc1ccc(C(=O)N2C3CCNCC2CC3)cc1. The maximum atomic E-state index is 12.8. The molecule has 1 aromatic carbocycles. The lowest BCUT2D eigenvalue weighted by Gasteiger charge is -2.28. The fraction of sp³-hybridized carbons (Fsp3) is 0.500. The van der Waals surface area contributed by atoms with Crippen LogP contribution in [0.1, 0.15) is 29.6 Å². The van der Waals surface area contributed by atoms with Gasteiger partial charge in [0, 0.05) is 24.2 Å². The number of hydrogen-bond donors (Lipinski definition) is 2. The number of primary amides is 1. The van der Waals surface area contributed by atoms with E-state index < -0.39 is 5.91 Å². The Morgan fingerprint density at radius 2 is 1.91 bits per heavy atom. The summed E-state index contributed by atoms with van der Waals surface area (Å²) in [6.07, 6.45) is 3.18. The zero-order chi connectivity index (χ0) is 15.5. The van der Waals surface area contributed by atoms with Gasteiger partial charge in [-0.1, -0.05) is 0 Å². The Bertz CT molecular complexity index is 544. The van der Waals surface area contributed by atoms with Crippen LogP contribution < -0.4 is 15.8 Å². The van der Waals surface area contributed by atoms with Gasteiger partial charge in [0.15, 0.2) is 6.61 Å². The predicted octanol–water partition coefficient (Wildman–Crippen LogP) is 0.517. The minimum Gasteiger partial charge on any atom is -0.484 e. The van der Waals surface area contributed by atoms with E-state index >= 15 is 0 Å². The van der Waals surface area contributed by atoms with Crippen molar-refractivity contribution in [1.82, 2.24) is 10.2 Å². The van der Waals surface area contributed by atoms with Gasteiger partial charge in [-0.3, -0.25) is 9.59 Å². The average Bonchev–Trinajstić information content (AvgIpc) is 2.78. The minimum absolute atomic E-state index is 0.0812. The van der Waals surface area contributed by atoms with Gasteiger partial charge in [0.25, 0.3) is 11.8 Å². The number of amides is 2. The molecule has 22 heavy (non-hydrogen) atoms. The van der Waals surface area contributed by atoms with Gasteiger partial charge in [0.05, 0.1) is 0 Å². The summed E-state index contributed by atoms with van der Waals surface area (Å²) in [5.41, 5.74) is 5.70. The number of fused-ring (bicyclic) bond motifs is 2. The molecule has 0 aliphatic carbocycles. The molecular weight excluding hydrogens is 282 g/mol. The van der Waals surface area contributed by atoms with E-state index in [1.807, 2.05) is 4.90 Å². The minimum atomic E-state index is -0.520. The number of carbonyl (C=O) groups excluding carboxylic acids is 2. The van der Waals surface area contributed by atoms with Crippen molar-refractivity contribution in [3.63, 3.8) is 0 Å². The van der Waals surface area contributed by atoms with Gasteiger partial charge in [0.2, 0.25) is 0 Å². The fourth-order valence-corrected chi connectivity index (χ4v) is 3.31. The molecule has 6 nitrogen and oxygen atoms in total. The maximum Gasteiger partial charge on any atom is 0.255 e. The van der Waals surface area contributed by atoms with Crippen LogP contribution in [-0.4, -0.2) is 48.5 Å². The Kier molecular flexibility index (Phi) is 4.29. The summed E-state index contributed by atoms with van der Waals surface area (Å²) in [7, 11) is 0. The smallest absolute Gasteiger partial charge is 0.255 e. The molecule has 0 spiro atoms. The highest BCUT2D eigenvalue weighted by Crippen LogP contribution is 2.29. The van der Waals surface area contributed by atoms with Crippen molar-refractivity contribution in [2.24, 2.45) is 5.73 Å². The molecule has 2 fully saturated rings. The van der Waals surface area contributed by atoms with Gasteiger partial charge in [-0.2, -0.15) is 0 Å². The second-order valence-corrected chi connectivity index (χ2v) is 5.87. The van der Waals surface area contributed by atoms with E-state index in [9.17, 15) is 9.59 Å². The first-order valence-corrected chi connectivity index (χ1v) is 7.69. The molecule has 3 rings (SSSR count). The molecule has 2 heterocycles. The molecule has 6 heteroatoms. The summed E-state index contributed by atoms with van der Waals surface area (Å²) in [5.74, 6) is 0.0994. The molecule has 0 saturated carbocycles. The average molecular weight is 303 g/mol. The number of rotatable bonds is 4. The molecule has 2 aliphatic heterocycles. The first-order chi connectivity index (χ1) is 10.6. The quantitative estimate of drug-likeness (QED) is 0.849. The highest BCUT2D eigenvalue weighted by Gasteiger charge is 2.38. The molecule has 2 bridgehead atoms. The van der Waals surface area contributed by atoms with Crippen molar-refractivity contribution in [2.45, 2.75) is 31.3 Å². The third kappa shape index (κ3) is 3.06. The molecule has 0 radical (unpaired) electrons. The van der Waals surface area contributed by atoms with E-state index in [1.54, 1.807) is 24.3 Å². The highest BCUT2D eigenvalue weighted by atomic mass is 16.5. The lowest BCUT2D eigenvalue weighted by molar-refractivity contribution is -0.119. The van der Waals surface area contributed by atoms with Crippen LogP contribution in [0.2, 0.25) is 0 Å². The van der Waals surface area contributed by atoms with Crippen LogP contribution >= 0.6 is 0 Å². The summed E-state index contributed by atoms with van der Waals surface area (Å²) < 4.78 is 5.21. The largest absolute Gasteiger partial charge is 0.484 e. The van der Waals surface area contributed by atoms with Crippen LogP contribution in [0.4, 0.5) is 0 Å². The van der Waals surface area contributed by atoms with Gasteiger partial charge in [0.1, 0.15) is 5.75 Å². The van der Waals surface area contributed by atoms with E-state index in [0.717, 1.165) is 32.4 Å². The van der Waals surface area contributed by atoms with Gasteiger partial charge < -0.3 is 20.7 Å². The third-order valence-electron chi connectivity index (χ3n) is 4.37. The number of nitrogens with two attached hydrogens (primary N) is 1. The lowest BCUT2D eigenvalue weighted by atomic mass is 10.1. The van der Waals surface area contributed by atoms with Crippen LogP contribution in [0.15, 0.2) is 24.3 Å². The van der Waals surface area contributed by atoms with E-state index in [0.29, 0.717) is 23.4 Å². The van der Waals surface area contributed by atoms with Gasteiger partial charge in [-0.25, -0.2) is 0 Å². The Hall–Kier alpha value is -2.08. The molecule has 2 atom stereocenters. The van der Waals surface area contributed by atoms with Crippen LogP contribution in [0.3, 0.4) is 0 Å². The molecule has 118 valence electrons. The fourth-order valence-electron chi connectivity index (χ4n) is 3.31. The third-order valence-corrected chi connectivity index (χ3v) is 4.37. The molecule has 2 unspecified atom stereocenters. The normalized spacial score (nSPS) is 23.9. The topological polar surface area (TPSA) is 84.7 Å². The van der Waals surface area contributed by atoms with Crippen LogP contribution in [0.25, 0.3) is 0 Å². The zero-order valence-electron chi connectivity index (χ0n) is 12.5. The highest BCUT2D eigenvalue weighted by molar-refractivity contribution is 5.95. The Morgan fingerprint density at radius 1 is 1.18 bits per heavy atom. The van der Waals surface area contributed by atoms with Crippen molar-refractivity contribution >= 4 is 11.8 Å². The van der Waals surface area contributed by atoms with Crippen LogP contribution in [0.5, 0.6) is 5.75 Å². The van der Waals surface area contributed by atoms with Gasteiger partial charge >= 0.3 is 0 Å². The molecule has 2 saturated heterocycles. The molecule has 1 aromatic rings. The number of carbonyl (C=O) groups is 2. The summed E-state index contributed by atoms with van der Waals surface area (Å²) in [5, 5.41) is 3.39. The first-order valence-electron chi connectivity index (χ1n) is 7.69. The second-order valence-electron chi connectivity index (χ2n) is 5.87. The number of benzene rings is 1. The lowest BCUT2D eigenvalue weighted by Crippen LogP contribution is -2.42. The van der Waals surface area contributed by atoms with E-state index in [2.05, 4.69) is 5.32 Å². The summed E-state index contributed by atoms with van der Waals surface area (Å²) in [6, 6.07) is 7.54. The van der Waals surface area contributed by atoms with E-state index in [4.69, 9.17) is 10.5 Å². The number of ether oxygens (including phenoxy) is 1. The molecular formula is C16H21N3O3. The Balaban J connectivity index is 1.70. The van der Waals surface area contributed by atoms with E-state index in [1.165, 1.54) is 0 Å². The van der Waals surface area contributed by atoms with Gasteiger partial charge in [-0.15, -0.1) is 0 Å². The van der Waals surface area contributed by atoms with Crippen molar-refractivity contribution in [1.29, 1.82) is 0 Å². The Labute approximate surface area is 129 Å². The molecule has 3 N–H and O–H groups in total. The monoisotopic (exact) mass is 303 g/mol.